The second-order valence-electron chi connectivity index (χ2n) is 14.6. The van der Waals surface area contributed by atoms with Crippen molar-refractivity contribution in [3.05, 3.63) is 59.5 Å². The van der Waals surface area contributed by atoms with Crippen LogP contribution in [0.25, 0.3) is 33.4 Å². The van der Waals surface area contributed by atoms with Gasteiger partial charge in [-0.1, -0.05) is 18.2 Å². The summed E-state index contributed by atoms with van der Waals surface area (Å²) < 4.78 is 116. The number of carbonyl (C=O) groups excluding carboxylic acids is 3. The summed E-state index contributed by atoms with van der Waals surface area (Å²) in [4.78, 5) is 49.9. The minimum Gasteiger partial charge on any atom is -0.744 e. The molecule has 0 bridgehead atoms. The maximum atomic E-state index is 13.8. The molecule has 2 aliphatic heterocycles. The number of nitrogen functional groups attached to an aromatic ring is 1. The second-order valence-corrected chi connectivity index (χ2v) is 17.6. The van der Waals surface area contributed by atoms with Gasteiger partial charge in [0.1, 0.15) is 19.9 Å². The minimum absolute atomic E-state index is 0.0303. The molecule has 5 rings (SSSR count). The topological polar surface area (TPSA) is 341 Å². The molecule has 26 heteroatoms. The first-order chi connectivity index (χ1) is 33.1. The van der Waals surface area contributed by atoms with Crippen LogP contribution in [0.3, 0.4) is 0 Å². The molecule has 5 N–H and O–H groups in total. The maximum Gasteiger partial charge on any atom is 0.336 e. The third-order valence-corrected chi connectivity index (χ3v) is 12.2. The molecule has 0 spiro atoms. The Balaban J connectivity index is 0.903. The maximum absolute atomic E-state index is 13.8. The van der Waals surface area contributed by atoms with Crippen molar-refractivity contribution in [2.45, 2.75) is 29.1 Å². The summed E-state index contributed by atoms with van der Waals surface area (Å²) >= 11 is 0. The van der Waals surface area contributed by atoms with Crippen molar-refractivity contribution in [1.82, 2.24) is 9.79 Å². The molecule has 1 saturated heterocycles. The largest absolute Gasteiger partial charge is 0.744 e. The van der Waals surface area contributed by atoms with Crippen molar-refractivity contribution in [2.24, 2.45) is 0 Å². The zero-order valence-corrected chi connectivity index (χ0v) is 38.9. The van der Waals surface area contributed by atoms with Crippen LogP contribution < -0.4 is 15.8 Å². The molecule has 2 aromatic rings. The van der Waals surface area contributed by atoms with Gasteiger partial charge in [-0.05, 0) is 35.9 Å². The number of aromatic carboxylic acids is 1. The summed E-state index contributed by atoms with van der Waals surface area (Å²) in [6.45, 7) is 3.92. The highest BCUT2D eigenvalue weighted by Crippen LogP contribution is 2.45. The van der Waals surface area contributed by atoms with Gasteiger partial charge in [-0.25, -0.2) is 31.1 Å². The highest BCUT2D eigenvalue weighted by molar-refractivity contribution is 7.90. The van der Waals surface area contributed by atoms with E-state index in [4.69, 9.17) is 58.3 Å². The number of nitrogens with two attached hydrogens (primary N) is 1. The molecule has 2 amide bonds. The number of imide groups is 1. The van der Waals surface area contributed by atoms with Crippen LogP contribution in [0.2, 0.25) is 0 Å². The molecular weight excluding hydrogens is 957 g/mol. The summed E-state index contributed by atoms with van der Waals surface area (Å²) in [7, 11) is -9.91. The number of carbonyl (C=O) groups is 4. The average Bonchev–Trinajstić information content (AvgIpc) is 3.61. The molecule has 1 fully saturated rings. The van der Waals surface area contributed by atoms with Gasteiger partial charge in [-0.15, -0.1) is 5.06 Å². The normalized spacial score (nSPS) is 13.3. The number of fused-ring (bicyclic) bond motifs is 2. The van der Waals surface area contributed by atoms with Crippen LogP contribution in [0.1, 0.15) is 29.6 Å². The minimum atomic E-state index is -5.37. The van der Waals surface area contributed by atoms with E-state index in [1.54, 1.807) is 0 Å². The molecule has 1 aliphatic carbocycles. The molecule has 24 nitrogen and oxygen atoms in total. The van der Waals surface area contributed by atoms with Gasteiger partial charge < -0.3 is 62.5 Å². The molecule has 3 aliphatic rings. The Kier molecular flexibility index (Phi) is 21.3. The van der Waals surface area contributed by atoms with Gasteiger partial charge in [-0.3, -0.25) is 15.0 Å². The van der Waals surface area contributed by atoms with E-state index >= 15 is 0 Å². The van der Waals surface area contributed by atoms with Crippen LogP contribution in [0, 0.1) is 5.41 Å². The Bertz CT molecular complexity index is 2630. The molecule has 2 heterocycles. The number of benzene rings is 3. The van der Waals surface area contributed by atoms with Crippen LogP contribution in [0.15, 0.2) is 62.7 Å². The Morgan fingerprint density at radius 1 is 0.681 bits per heavy atom. The fourth-order valence-electron chi connectivity index (χ4n) is 6.61. The number of nitrogens with zero attached hydrogens (tertiary/aromatic N) is 1. The van der Waals surface area contributed by atoms with Crippen LogP contribution in [0.5, 0.6) is 0 Å². The van der Waals surface area contributed by atoms with Gasteiger partial charge in [0.15, 0.2) is 11.3 Å². The Labute approximate surface area is 396 Å². The molecular formula is C43H53N4O20S2-. The zero-order chi connectivity index (χ0) is 49.8. The molecule has 69 heavy (non-hydrogen) atoms. The lowest BCUT2D eigenvalue weighted by Crippen LogP contribution is -2.32. The quantitative estimate of drug-likeness (QED) is 0.0172. The first-order valence-electron chi connectivity index (χ1n) is 21.4. The summed E-state index contributed by atoms with van der Waals surface area (Å²) in [6.07, 6.45) is -0.0513. The number of carboxylic acid groups (broad SMARTS) is 1. The number of carboxylic acids is 1. The molecule has 2 aromatic carbocycles. The van der Waals surface area contributed by atoms with Gasteiger partial charge in [0.25, 0.3) is 11.8 Å². The van der Waals surface area contributed by atoms with E-state index in [9.17, 15) is 45.7 Å². The second kappa shape index (κ2) is 27.0. The number of hydrogen-bond acceptors (Lipinski definition) is 21. The van der Waals surface area contributed by atoms with Crippen LogP contribution >= 0.6 is 0 Å². The van der Waals surface area contributed by atoms with Crippen LogP contribution in [-0.2, 0) is 77.3 Å². The Morgan fingerprint density at radius 2 is 1.17 bits per heavy atom. The summed E-state index contributed by atoms with van der Waals surface area (Å²) in [5.41, 5.74) is 5.20. The Morgan fingerprint density at radius 3 is 1.68 bits per heavy atom. The smallest absolute Gasteiger partial charge is 0.336 e. The summed E-state index contributed by atoms with van der Waals surface area (Å²) in [5, 5.41) is 18.0. The number of sulfonamides is 1. The van der Waals surface area contributed by atoms with Crippen molar-refractivity contribution >= 4 is 60.6 Å². The highest BCUT2D eigenvalue weighted by atomic mass is 32.2. The summed E-state index contributed by atoms with van der Waals surface area (Å²) in [5.74, 6) is -3.80. The van der Waals surface area contributed by atoms with Crippen LogP contribution in [0.4, 0.5) is 5.69 Å². The fraction of sp³-hybridized carbons (Fsp3) is 0.465. The lowest BCUT2D eigenvalue weighted by molar-refractivity contribution is -0.198. The first-order valence-corrected chi connectivity index (χ1v) is 24.3. The van der Waals surface area contributed by atoms with E-state index in [1.165, 1.54) is 42.5 Å². The van der Waals surface area contributed by atoms with E-state index in [-0.39, 0.29) is 105 Å². The SMILES string of the molecule is N=c1ccc2c(-c3ccccc3C(=O)O)c3ccc(N)c(S(=O)(=O)NCCOCCOCCOCCOCCOCCOCCOCCOCCC(=O)ON4C(=O)CCC4=O)c3oc-2c1S(=O)(=O)[O-]. The molecule has 0 unspecified atom stereocenters. The van der Waals surface area contributed by atoms with Crippen molar-refractivity contribution in [3.8, 4) is 22.5 Å². The number of anilines is 1. The van der Waals surface area contributed by atoms with Crippen molar-refractivity contribution < 1.29 is 92.8 Å². The monoisotopic (exact) mass is 1010 g/mol. The van der Waals surface area contributed by atoms with E-state index in [0.29, 0.717) is 64.5 Å². The zero-order valence-electron chi connectivity index (χ0n) is 37.3. The average molecular weight is 1010 g/mol. The fourth-order valence-corrected chi connectivity index (χ4v) is 8.60. The van der Waals surface area contributed by atoms with Crippen LogP contribution in [-0.4, -0.2) is 168 Å². The van der Waals surface area contributed by atoms with Gasteiger partial charge in [0.05, 0.1) is 129 Å². The molecule has 0 aromatic heterocycles. The van der Waals surface area contributed by atoms with E-state index in [2.05, 4.69) is 4.72 Å². The third-order valence-electron chi connectivity index (χ3n) is 9.74. The number of nitrogens with one attached hydrogen (secondary N) is 2. The molecule has 0 saturated carbocycles. The molecule has 0 radical (unpaired) electrons. The number of ether oxygens (including phenoxy) is 8. The third kappa shape index (κ3) is 16.0. The number of hydroxylamine groups is 2. The molecule has 0 atom stereocenters. The van der Waals surface area contributed by atoms with E-state index < -0.39 is 70.4 Å². The summed E-state index contributed by atoms with van der Waals surface area (Å²) in [6, 6.07) is 10.7. The van der Waals surface area contributed by atoms with Crippen molar-refractivity contribution in [2.75, 3.05) is 118 Å². The predicted octanol–water partition coefficient (Wildman–Crippen LogP) is 1.28. The predicted molar refractivity (Wildman–Crippen MR) is 237 cm³/mol. The highest BCUT2D eigenvalue weighted by Gasteiger charge is 2.33. The lowest BCUT2D eigenvalue weighted by Gasteiger charge is -2.21. The number of rotatable bonds is 33. The Hall–Kier alpha value is -5.49. The van der Waals surface area contributed by atoms with Crippen molar-refractivity contribution in [3.63, 3.8) is 0 Å². The van der Waals surface area contributed by atoms with E-state index in [1.807, 2.05) is 0 Å². The van der Waals surface area contributed by atoms with Crippen molar-refractivity contribution in [1.29, 1.82) is 5.41 Å². The standard InChI is InChI=1S/C43H54N4O20S2/c44-33-7-5-31-38(29-3-1-2-4-30(29)43(51)52)32-6-8-34(45)42(69(55,56)57)40(32)66-39(31)41(33)68(53,54)46-12-14-59-16-18-61-20-22-63-24-26-65-28-27-64-25-23-62-21-19-60-17-15-58-13-11-37(50)67-47-35(48)9-10-36(47)49/h1-8,45-46H,9-28,44H2,(H,51,52)(H,55,56,57)/p-1. The van der Waals surface area contributed by atoms with Gasteiger partial charge >= 0.3 is 11.9 Å². The lowest BCUT2D eigenvalue weighted by atomic mass is 9.90. The van der Waals surface area contributed by atoms with Gasteiger partial charge in [0.2, 0.25) is 10.0 Å². The first kappa shape index (κ1) is 54.5. The van der Waals surface area contributed by atoms with E-state index in [0.717, 1.165) is 6.07 Å². The number of amides is 2. The molecule has 378 valence electrons. The van der Waals surface area contributed by atoms with Gasteiger partial charge in [-0.2, -0.15) is 0 Å². The number of hydrogen-bond donors (Lipinski definition) is 4. The van der Waals surface area contributed by atoms with Gasteiger partial charge in [0, 0.05) is 35.9 Å².